The monoisotopic (exact) mass is 364 g/mol. The van der Waals surface area contributed by atoms with E-state index in [0.29, 0.717) is 23.4 Å². The molecule has 2 aromatic carbocycles. The second kappa shape index (κ2) is 7.70. The minimum Gasteiger partial charge on any atom is -0.497 e. The van der Waals surface area contributed by atoms with Gasteiger partial charge in [-0.3, -0.25) is 9.78 Å². The van der Waals surface area contributed by atoms with Gasteiger partial charge in [-0.2, -0.15) is 5.26 Å². The first-order chi connectivity index (χ1) is 13.0. The number of aromatic amines is 1. The van der Waals surface area contributed by atoms with Crippen molar-refractivity contribution in [3.63, 3.8) is 0 Å². The molecule has 3 rings (SSSR count). The Bertz CT molecular complexity index is 1070. The van der Waals surface area contributed by atoms with Crippen molar-refractivity contribution in [3.8, 4) is 23.1 Å². The summed E-state index contributed by atoms with van der Waals surface area (Å²) in [5, 5.41) is 12.3. The van der Waals surface area contributed by atoms with Crippen molar-refractivity contribution in [1.82, 2.24) is 9.97 Å². The number of hydrogen-bond acceptors (Lipinski definition) is 5. The Morgan fingerprint density at radius 2 is 2.00 bits per heavy atom. The van der Waals surface area contributed by atoms with Crippen LogP contribution in [0, 0.1) is 24.1 Å². The number of hydrogen-bond donors (Lipinski definition) is 2. The first-order valence-electron chi connectivity index (χ1n) is 8.19. The van der Waals surface area contributed by atoms with Gasteiger partial charge in [0.15, 0.2) is 0 Å². The van der Waals surface area contributed by atoms with Crippen molar-refractivity contribution in [2.24, 2.45) is 0 Å². The van der Waals surface area contributed by atoms with Crippen LogP contribution in [0.3, 0.4) is 0 Å². The van der Waals surface area contributed by atoms with Crippen LogP contribution >= 0.6 is 0 Å². The SMILES string of the molecule is COc1ccc(-c2nc(NCc3ccc(F)c(C)c3)[nH]c(=O)c2C#N)cc1. The lowest BCUT2D eigenvalue weighted by atomic mass is 10.1. The van der Waals surface area contributed by atoms with Crippen LogP contribution in [-0.2, 0) is 6.54 Å². The molecule has 0 radical (unpaired) electrons. The third kappa shape index (κ3) is 3.96. The van der Waals surface area contributed by atoms with Crippen molar-refractivity contribution in [2.45, 2.75) is 13.5 Å². The van der Waals surface area contributed by atoms with Crippen molar-refractivity contribution in [1.29, 1.82) is 5.26 Å². The van der Waals surface area contributed by atoms with Gasteiger partial charge in [-0.05, 0) is 48.4 Å². The summed E-state index contributed by atoms with van der Waals surface area (Å²) in [6.45, 7) is 2.03. The van der Waals surface area contributed by atoms with Crippen molar-refractivity contribution >= 4 is 5.95 Å². The van der Waals surface area contributed by atoms with E-state index in [1.54, 1.807) is 50.4 Å². The highest BCUT2D eigenvalue weighted by Crippen LogP contribution is 2.23. The predicted octanol–water partition coefficient (Wildman–Crippen LogP) is 3.38. The molecule has 0 fully saturated rings. The maximum absolute atomic E-state index is 13.4. The molecule has 0 spiro atoms. The van der Waals surface area contributed by atoms with Gasteiger partial charge in [0.25, 0.3) is 5.56 Å². The number of nitrogens with zero attached hydrogens (tertiary/aromatic N) is 2. The largest absolute Gasteiger partial charge is 0.497 e. The number of benzene rings is 2. The molecule has 27 heavy (non-hydrogen) atoms. The highest BCUT2D eigenvalue weighted by Gasteiger charge is 2.13. The molecule has 2 N–H and O–H groups in total. The molecule has 0 aliphatic carbocycles. The number of nitriles is 1. The minimum atomic E-state index is -0.531. The van der Waals surface area contributed by atoms with Gasteiger partial charge in [-0.15, -0.1) is 0 Å². The smallest absolute Gasteiger partial charge is 0.270 e. The average Bonchev–Trinajstić information content (AvgIpc) is 2.68. The number of rotatable bonds is 5. The summed E-state index contributed by atoms with van der Waals surface area (Å²) >= 11 is 0. The van der Waals surface area contributed by atoms with Crippen molar-refractivity contribution in [2.75, 3.05) is 12.4 Å². The van der Waals surface area contributed by atoms with Crippen LogP contribution < -0.4 is 15.6 Å². The molecule has 1 aromatic heterocycles. The Labute approximate surface area is 155 Å². The molecular weight excluding hydrogens is 347 g/mol. The fraction of sp³-hybridized carbons (Fsp3) is 0.150. The Kier molecular flexibility index (Phi) is 5.18. The lowest BCUT2D eigenvalue weighted by molar-refractivity contribution is 0.415. The first kappa shape index (κ1) is 18.1. The van der Waals surface area contributed by atoms with E-state index in [9.17, 15) is 14.4 Å². The summed E-state index contributed by atoms with van der Waals surface area (Å²) in [4.78, 5) is 19.2. The molecular formula is C20H17FN4O2. The molecule has 3 aromatic rings. The normalized spacial score (nSPS) is 10.3. The summed E-state index contributed by atoms with van der Waals surface area (Å²) < 4.78 is 18.5. The summed E-state index contributed by atoms with van der Waals surface area (Å²) in [6.07, 6.45) is 0. The van der Waals surface area contributed by atoms with Crippen LogP contribution in [0.15, 0.2) is 47.3 Å². The van der Waals surface area contributed by atoms with E-state index in [1.165, 1.54) is 6.07 Å². The van der Waals surface area contributed by atoms with Crippen LogP contribution in [0.4, 0.5) is 10.3 Å². The lowest BCUT2D eigenvalue weighted by Gasteiger charge is -2.10. The quantitative estimate of drug-likeness (QED) is 0.724. The number of aromatic nitrogens is 2. The van der Waals surface area contributed by atoms with Gasteiger partial charge in [0.05, 0.1) is 12.8 Å². The maximum Gasteiger partial charge on any atom is 0.270 e. The third-order valence-electron chi connectivity index (χ3n) is 4.08. The second-order valence-corrected chi connectivity index (χ2v) is 5.92. The number of halogens is 1. The fourth-order valence-corrected chi connectivity index (χ4v) is 2.62. The van der Waals surface area contributed by atoms with E-state index in [-0.39, 0.29) is 23.0 Å². The van der Waals surface area contributed by atoms with Gasteiger partial charge < -0.3 is 10.1 Å². The molecule has 0 aliphatic heterocycles. The molecule has 0 atom stereocenters. The van der Waals surface area contributed by atoms with E-state index in [1.807, 2.05) is 6.07 Å². The van der Waals surface area contributed by atoms with E-state index in [4.69, 9.17) is 4.74 Å². The highest BCUT2D eigenvalue weighted by molar-refractivity contribution is 5.67. The summed E-state index contributed by atoms with van der Waals surface area (Å²) in [6, 6.07) is 13.6. The van der Waals surface area contributed by atoms with Gasteiger partial charge in [-0.1, -0.05) is 12.1 Å². The molecule has 0 saturated carbocycles. The Morgan fingerprint density at radius 3 is 2.63 bits per heavy atom. The molecule has 0 bridgehead atoms. The number of aryl methyl sites for hydroxylation is 1. The third-order valence-corrected chi connectivity index (χ3v) is 4.08. The number of H-pyrrole nitrogens is 1. The van der Waals surface area contributed by atoms with E-state index in [0.717, 1.165) is 5.56 Å². The first-order valence-corrected chi connectivity index (χ1v) is 8.19. The van der Waals surface area contributed by atoms with Gasteiger partial charge in [0.2, 0.25) is 5.95 Å². The molecule has 0 unspecified atom stereocenters. The Hall–Kier alpha value is -3.66. The highest BCUT2D eigenvalue weighted by atomic mass is 19.1. The zero-order valence-electron chi connectivity index (χ0n) is 14.8. The van der Waals surface area contributed by atoms with Crippen LogP contribution in [0.2, 0.25) is 0 Å². The summed E-state index contributed by atoms with van der Waals surface area (Å²) in [5.74, 6) is 0.615. The molecule has 0 amide bonds. The number of methoxy groups -OCH3 is 1. The lowest BCUT2D eigenvalue weighted by Crippen LogP contribution is -2.17. The maximum atomic E-state index is 13.4. The van der Waals surface area contributed by atoms with Crippen LogP contribution in [-0.4, -0.2) is 17.1 Å². The molecule has 6 nitrogen and oxygen atoms in total. The minimum absolute atomic E-state index is 0.0663. The van der Waals surface area contributed by atoms with E-state index < -0.39 is 5.56 Å². The number of nitrogens with one attached hydrogen (secondary N) is 2. The Balaban J connectivity index is 1.92. The predicted molar refractivity (Wildman–Crippen MR) is 100 cm³/mol. The second-order valence-electron chi connectivity index (χ2n) is 5.92. The number of anilines is 1. The molecule has 0 saturated heterocycles. The fourth-order valence-electron chi connectivity index (χ4n) is 2.62. The van der Waals surface area contributed by atoms with Crippen LogP contribution in [0.25, 0.3) is 11.3 Å². The average molecular weight is 364 g/mol. The standard InChI is InChI=1S/C20H17FN4O2/c1-12-9-13(3-8-17(12)21)11-23-20-24-18(16(10-22)19(26)25-20)14-4-6-15(27-2)7-5-14/h3-9H,11H2,1-2H3,(H2,23,24,25,26). The van der Waals surface area contributed by atoms with Crippen LogP contribution in [0.1, 0.15) is 16.7 Å². The topological polar surface area (TPSA) is 90.8 Å². The van der Waals surface area contributed by atoms with Gasteiger partial charge in [0.1, 0.15) is 23.2 Å². The van der Waals surface area contributed by atoms with E-state index in [2.05, 4.69) is 15.3 Å². The van der Waals surface area contributed by atoms with Gasteiger partial charge in [0, 0.05) is 12.1 Å². The van der Waals surface area contributed by atoms with E-state index >= 15 is 0 Å². The van der Waals surface area contributed by atoms with Gasteiger partial charge in [-0.25, -0.2) is 9.37 Å². The molecule has 7 heteroatoms. The summed E-state index contributed by atoms with van der Waals surface area (Å²) in [7, 11) is 1.56. The molecule has 0 aliphatic rings. The zero-order valence-corrected chi connectivity index (χ0v) is 14.8. The van der Waals surface area contributed by atoms with Gasteiger partial charge >= 0.3 is 0 Å². The summed E-state index contributed by atoms with van der Waals surface area (Å²) in [5.41, 5.74) is 1.68. The van der Waals surface area contributed by atoms with Crippen molar-refractivity contribution < 1.29 is 9.13 Å². The molecule has 1 heterocycles. The number of ether oxygens (including phenoxy) is 1. The van der Waals surface area contributed by atoms with Crippen LogP contribution in [0.5, 0.6) is 5.75 Å². The molecule has 136 valence electrons. The Morgan fingerprint density at radius 1 is 1.26 bits per heavy atom. The zero-order chi connectivity index (χ0) is 19.4. The van der Waals surface area contributed by atoms with Crippen molar-refractivity contribution in [3.05, 3.63) is 75.3 Å².